The summed E-state index contributed by atoms with van der Waals surface area (Å²) in [6.45, 7) is 7.68. The van der Waals surface area contributed by atoms with E-state index in [1.54, 1.807) is 5.57 Å². The second kappa shape index (κ2) is 7.30. The fourth-order valence-electron chi connectivity index (χ4n) is 9.10. The predicted molar refractivity (Wildman–Crippen MR) is 138 cm³/mol. The Labute approximate surface area is 200 Å². The summed E-state index contributed by atoms with van der Waals surface area (Å²) >= 11 is 8.84. The Kier molecular flexibility index (Phi) is 5.26. The van der Waals surface area contributed by atoms with Gasteiger partial charge in [-0.2, -0.15) is 0 Å². The summed E-state index contributed by atoms with van der Waals surface area (Å²) in [6, 6.07) is 0. The van der Waals surface area contributed by atoms with Crippen LogP contribution in [0.5, 0.6) is 0 Å². The van der Waals surface area contributed by atoms with E-state index in [9.17, 15) is 5.11 Å². The first-order chi connectivity index (χ1) is 14.3. The van der Waals surface area contributed by atoms with Gasteiger partial charge in [-0.15, -0.1) is 47.0 Å². The lowest BCUT2D eigenvalue weighted by Crippen LogP contribution is -2.58. The van der Waals surface area contributed by atoms with Gasteiger partial charge in [0.15, 0.2) is 0 Å². The van der Waals surface area contributed by atoms with Crippen molar-refractivity contribution >= 4 is 47.0 Å². The average molecular weight is 483 g/mol. The van der Waals surface area contributed by atoms with Crippen LogP contribution in [-0.4, -0.2) is 42.4 Å². The second-order valence-electron chi connectivity index (χ2n) is 11.6. The van der Waals surface area contributed by atoms with E-state index >= 15 is 0 Å². The fraction of sp³-hybridized carbons (Fsp3) is 0.920. The van der Waals surface area contributed by atoms with Gasteiger partial charge in [0.1, 0.15) is 0 Å². The summed E-state index contributed by atoms with van der Waals surface area (Å²) in [5.41, 5.74) is 2.31. The Morgan fingerprint density at radius 1 is 0.900 bits per heavy atom. The number of aliphatic hydroxyl groups is 1. The van der Waals surface area contributed by atoms with Gasteiger partial charge in [-0.05, 0) is 86.4 Å². The number of thioether (sulfide) groups is 4. The third kappa shape index (κ3) is 2.96. The van der Waals surface area contributed by atoms with E-state index in [0.717, 1.165) is 24.2 Å². The molecular formula is C25H38OS4. The number of hydrogen-bond acceptors (Lipinski definition) is 5. The summed E-state index contributed by atoms with van der Waals surface area (Å²) in [5.74, 6) is 8.11. The van der Waals surface area contributed by atoms with Crippen molar-refractivity contribution in [2.75, 3.05) is 23.0 Å². The molecular weight excluding hydrogens is 445 g/mol. The molecule has 2 aliphatic heterocycles. The molecule has 30 heavy (non-hydrogen) atoms. The van der Waals surface area contributed by atoms with Crippen molar-refractivity contribution in [3.8, 4) is 0 Å². The molecule has 1 nitrogen and oxygen atoms in total. The highest BCUT2D eigenvalue weighted by Gasteiger charge is 2.65. The summed E-state index contributed by atoms with van der Waals surface area (Å²) in [4.78, 5) is 0. The quantitative estimate of drug-likeness (QED) is 0.409. The van der Waals surface area contributed by atoms with Gasteiger partial charge in [0, 0.05) is 23.0 Å². The number of fused-ring (bicyclic) bond motifs is 5. The molecule has 7 atom stereocenters. The van der Waals surface area contributed by atoms with Gasteiger partial charge in [-0.1, -0.05) is 25.5 Å². The van der Waals surface area contributed by atoms with Crippen LogP contribution in [0.2, 0.25) is 0 Å². The Morgan fingerprint density at radius 2 is 1.60 bits per heavy atom. The minimum Gasteiger partial charge on any atom is -0.393 e. The standard InChI is InChI=1S/C25H38OS4/c1-22-8-9-25(29-12-13-30-25)14-16(22)4-5-17-18-6-7-20(24(3)27-10-11-28-24)23(18,2)15-19(26)21(17)22/h14,17-21,26H,4-13,15H2,1-3H3/t17-,18-,19-,20-,21+,22+,23-/m1/s1. The zero-order valence-electron chi connectivity index (χ0n) is 18.8. The van der Waals surface area contributed by atoms with E-state index in [4.69, 9.17) is 0 Å². The van der Waals surface area contributed by atoms with Crippen LogP contribution in [0.4, 0.5) is 0 Å². The zero-order chi connectivity index (χ0) is 20.8. The maximum Gasteiger partial charge on any atom is 0.0795 e. The summed E-state index contributed by atoms with van der Waals surface area (Å²) in [7, 11) is 0. The van der Waals surface area contributed by atoms with Crippen molar-refractivity contribution in [2.45, 2.75) is 80.0 Å². The molecule has 1 spiro atoms. The van der Waals surface area contributed by atoms with Gasteiger partial charge < -0.3 is 5.11 Å². The van der Waals surface area contributed by atoms with Crippen molar-refractivity contribution in [2.24, 2.45) is 34.5 Å². The van der Waals surface area contributed by atoms with E-state index in [0.29, 0.717) is 19.5 Å². The Bertz CT molecular complexity index is 739. The highest BCUT2D eigenvalue weighted by atomic mass is 32.2. The first-order valence-corrected chi connectivity index (χ1v) is 16.2. The van der Waals surface area contributed by atoms with Gasteiger partial charge >= 0.3 is 0 Å². The van der Waals surface area contributed by atoms with Gasteiger partial charge in [-0.25, -0.2) is 0 Å². The van der Waals surface area contributed by atoms with Gasteiger partial charge in [-0.3, -0.25) is 0 Å². The molecule has 6 rings (SSSR count). The van der Waals surface area contributed by atoms with Crippen LogP contribution in [0.3, 0.4) is 0 Å². The normalized spacial score (nSPS) is 51.3. The molecule has 6 aliphatic rings. The van der Waals surface area contributed by atoms with Crippen molar-refractivity contribution in [1.29, 1.82) is 0 Å². The molecule has 3 saturated carbocycles. The first kappa shape index (κ1) is 21.6. The topological polar surface area (TPSA) is 20.2 Å². The van der Waals surface area contributed by atoms with Crippen LogP contribution in [0, 0.1) is 34.5 Å². The van der Waals surface area contributed by atoms with E-state index in [1.807, 2.05) is 0 Å². The minimum atomic E-state index is -0.108. The average Bonchev–Trinajstić information content (AvgIpc) is 3.41. The predicted octanol–water partition coefficient (Wildman–Crippen LogP) is 6.91. The molecule has 5 heteroatoms. The second-order valence-corrected chi connectivity index (χ2v) is 18.0. The molecule has 168 valence electrons. The molecule has 0 aromatic carbocycles. The van der Waals surface area contributed by atoms with E-state index in [-0.39, 0.29) is 11.5 Å². The van der Waals surface area contributed by atoms with Crippen LogP contribution in [0.15, 0.2) is 11.6 Å². The molecule has 0 amide bonds. The highest BCUT2D eigenvalue weighted by molar-refractivity contribution is 8.21. The Balaban J connectivity index is 1.32. The lowest BCUT2D eigenvalue weighted by atomic mass is 9.46. The van der Waals surface area contributed by atoms with Crippen LogP contribution in [0.25, 0.3) is 0 Å². The summed E-state index contributed by atoms with van der Waals surface area (Å²) in [5, 5.41) is 11.8. The molecule has 0 bridgehead atoms. The van der Waals surface area contributed by atoms with Crippen molar-refractivity contribution in [3.63, 3.8) is 0 Å². The van der Waals surface area contributed by atoms with Crippen molar-refractivity contribution < 1.29 is 5.11 Å². The molecule has 2 heterocycles. The van der Waals surface area contributed by atoms with Crippen LogP contribution >= 0.6 is 47.0 Å². The summed E-state index contributed by atoms with van der Waals surface area (Å²) < 4.78 is 0.758. The number of hydrogen-bond donors (Lipinski definition) is 1. The molecule has 1 N–H and O–H groups in total. The zero-order valence-corrected chi connectivity index (χ0v) is 22.1. The maximum atomic E-state index is 11.8. The van der Waals surface area contributed by atoms with Gasteiger partial charge in [0.05, 0.1) is 14.3 Å². The first-order valence-electron chi connectivity index (χ1n) is 12.3. The van der Waals surface area contributed by atoms with E-state index in [2.05, 4.69) is 73.9 Å². The van der Waals surface area contributed by atoms with E-state index < -0.39 is 0 Å². The molecule has 4 aliphatic carbocycles. The van der Waals surface area contributed by atoms with Crippen LogP contribution in [-0.2, 0) is 0 Å². The van der Waals surface area contributed by atoms with Crippen LogP contribution < -0.4 is 0 Å². The molecule has 0 radical (unpaired) electrons. The molecule has 0 aromatic heterocycles. The number of aliphatic hydroxyl groups excluding tert-OH is 1. The van der Waals surface area contributed by atoms with E-state index in [1.165, 1.54) is 61.5 Å². The third-order valence-corrected chi connectivity index (χ3v) is 17.2. The summed E-state index contributed by atoms with van der Waals surface area (Å²) in [6.07, 6.45) is 11.7. The molecule has 5 fully saturated rings. The van der Waals surface area contributed by atoms with Gasteiger partial charge in [0.2, 0.25) is 0 Å². The lowest BCUT2D eigenvalue weighted by Gasteiger charge is -2.61. The minimum absolute atomic E-state index is 0.108. The monoisotopic (exact) mass is 482 g/mol. The van der Waals surface area contributed by atoms with Crippen molar-refractivity contribution in [1.82, 2.24) is 0 Å². The molecule has 0 aromatic rings. The Morgan fingerprint density at radius 3 is 2.33 bits per heavy atom. The third-order valence-electron chi connectivity index (χ3n) is 10.3. The number of allylic oxidation sites excluding steroid dienone is 1. The maximum absolute atomic E-state index is 11.8. The molecule has 2 saturated heterocycles. The van der Waals surface area contributed by atoms with Gasteiger partial charge in [0.25, 0.3) is 0 Å². The fourth-order valence-corrected chi connectivity index (χ4v) is 15.7. The number of rotatable bonds is 1. The lowest BCUT2D eigenvalue weighted by molar-refractivity contribution is -0.128. The van der Waals surface area contributed by atoms with Crippen molar-refractivity contribution in [3.05, 3.63) is 11.6 Å². The Hall–Kier alpha value is 1.10. The van der Waals surface area contributed by atoms with Crippen LogP contribution in [0.1, 0.15) is 65.7 Å². The highest BCUT2D eigenvalue weighted by Crippen LogP contribution is 2.71. The smallest absolute Gasteiger partial charge is 0.0795 e. The molecule has 0 unspecified atom stereocenters. The largest absolute Gasteiger partial charge is 0.393 e. The SMILES string of the molecule is CC1([C@@H]2CC[C@@H]3[C@H]4CCC5=CC6(CC[C@]5(C)[C@@H]4[C@H](O)C[C@]32C)SCCS6)SCCS1.